The highest BCUT2D eigenvalue weighted by Crippen LogP contribution is 2.48. The van der Waals surface area contributed by atoms with E-state index in [2.05, 4.69) is 6.07 Å². The summed E-state index contributed by atoms with van der Waals surface area (Å²) in [7, 11) is 0. The molecule has 1 heterocycles. The van der Waals surface area contributed by atoms with Gasteiger partial charge in [0, 0.05) is 10.9 Å². The lowest BCUT2D eigenvalue weighted by Gasteiger charge is -2.22. The fourth-order valence-electron chi connectivity index (χ4n) is 6.82. The van der Waals surface area contributed by atoms with Gasteiger partial charge in [0.15, 0.2) is 0 Å². The summed E-state index contributed by atoms with van der Waals surface area (Å²) in [6.07, 6.45) is 0. The van der Waals surface area contributed by atoms with Crippen molar-refractivity contribution in [3.8, 4) is 56.0 Å². The van der Waals surface area contributed by atoms with Crippen molar-refractivity contribution in [1.29, 1.82) is 0 Å². The van der Waals surface area contributed by atoms with Crippen molar-refractivity contribution in [2.75, 3.05) is 0 Å². The van der Waals surface area contributed by atoms with Crippen molar-refractivity contribution < 1.29 is 17.1 Å². The third-order valence-corrected chi connectivity index (χ3v) is 8.83. The van der Waals surface area contributed by atoms with Crippen LogP contribution in [0.2, 0.25) is 0 Å². The molecule has 10 rings (SSSR count). The molecule has 1 nitrogen and oxygen atoms in total. The van der Waals surface area contributed by atoms with Crippen LogP contribution in [0.4, 0.5) is 0 Å². The van der Waals surface area contributed by atoms with E-state index in [9.17, 15) is 5.48 Å². The Hall–Kier alpha value is -5.92. The van der Waals surface area contributed by atoms with Gasteiger partial charge in [0.25, 0.3) is 0 Å². The summed E-state index contributed by atoms with van der Waals surface area (Å²) >= 11 is 0. The van der Waals surface area contributed by atoms with Gasteiger partial charge in [0.05, 0.1) is 12.3 Å². The van der Waals surface area contributed by atoms with Gasteiger partial charge in [-0.25, -0.2) is 0 Å². The number of benzene rings is 9. The predicted molar refractivity (Wildman–Crippen MR) is 189 cm³/mol. The van der Waals surface area contributed by atoms with Gasteiger partial charge in [-0.3, -0.25) is 0 Å². The lowest BCUT2D eigenvalue weighted by molar-refractivity contribution is 0.487. The summed E-state index contributed by atoms with van der Waals surface area (Å²) in [4.78, 5) is 0. The Bertz CT molecular complexity index is 3080. The summed E-state index contributed by atoms with van der Waals surface area (Å²) in [5.41, 5.74) is 1.62. The maximum absolute atomic E-state index is 9.84. The van der Waals surface area contributed by atoms with Gasteiger partial charge < -0.3 is 4.74 Å². The van der Waals surface area contributed by atoms with Crippen molar-refractivity contribution >= 4 is 43.1 Å². The molecule has 0 N–H and O–H groups in total. The first-order valence-electron chi connectivity index (χ1n) is 19.3. The molecule has 0 fully saturated rings. The van der Waals surface area contributed by atoms with Crippen LogP contribution in [0.15, 0.2) is 158 Å². The quantitative estimate of drug-likeness (QED) is 0.189. The summed E-state index contributed by atoms with van der Waals surface area (Å²) in [6.45, 7) is 0. The lowest BCUT2D eigenvalue weighted by atomic mass is 9.87. The van der Waals surface area contributed by atoms with Gasteiger partial charge in [0.2, 0.25) is 0 Å². The van der Waals surface area contributed by atoms with Gasteiger partial charge >= 0.3 is 0 Å². The zero-order valence-electron chi connectivity index (χ0n) is 32.7. The van der Waals surface area contributed by atoms with Gasteiger partial charge in [-0.15, -0.1) is 0 Å². The Kier molecular flexibility index (Phi) is 3.59. The third-order valence-electron chi connectivity index (χ3n) is 8.83. The molecular weight excluding hydrogens is 544 g/mol. The van der Waals surface area contributed by atoms with Crippen molar-refractivity contribution in [3.63, 3.8) is 0 Å². The number of ether oxygens (including phenoxy) is 1. The van der Waals surface area contributed by atoms with E-state index in [-0.39, 0.29) is 52.0 Å². The molecule has 0 atom stereocenters. The Morgan fingerprint density at radius 3 is 1.84 bits per heavy atom. The van der Waals surface area contributed by atoms with Crippen molar-refractivity contribution in [2.45, 2.75) is 0 Å². The van der Waals surface area contributed by atoms with Crippen LogP contribution < -0.4 is 4.74 Å². The summed E-state index contributed by atoms with van der Waals surface area (Å²) < 4.78 is 88.2. The molecule has 1 aliphatic rings. The Morgan fingerprint density at radius 1 is 0.378 bits per heavy atom. The zero-order chi connectivity index (χ0) is 37.3. The average molecular weight is 580 g/mol. The van der Waals surface area contributed by atoms with Crippen molar-refractivity contribution in [3.05, 3.63) is 158 Å². The number of hydrogen-bond donors (Lipinski definition) is 0. The topological polar surface area (TPSA) is 9.23 Å². The van der Waals surface area contributed by atoms with Gasteiger partial charge in [0.1, 0.15) is 11.5 Å². The predicted octanol–water partition coefficient (Wildman–Crippen LogP) is 12.5. The van der Waals surface area contributed by atoms with E-state index in [1.807, 2.05) is 84.9 Å². The molecule has 1 aliphatic heterocycles. The molecule has 0 saturated carbocycles. The van der Waals surface area contributed by atoms with Crippen LogP contribution in [-0.4, -0.2) is 0 Å². The minimum Gasteiger partial charge on any atom is -0.456 e. The first-order chi connectivity index (χ1) is 26.1. The van der Waals surface area contributed by atoms with Crippen LogP contribution in [-0.2, 0) is 0 Å². The second-order valence-electron chi connectivity index (χ2n) is 11.3. The first kappa shape index (κ1) is 17.4. The minimum atomic E-state index is -0.593. The summed E-state index contributed by atoms with van der Waals surface area (Å²) in [5.74, 6) is 1.10. The van der Waals surface area contributed by atoms with E-state index in [4.69, 9.17) is 11.6 Å². The highest BCUT2D eigenvalue weighted by atomic mass is 16.5. The Balaban J connectivity index is 1.35. The molecule has 0 unspecified atom stereocenters. The van der Waals surface area contributed by atoms with Gasteiger partial charge in [-0.05, 0) is 113 Å². The van der Waals surface area contributed by atoms with Crippen LogP contribution in [0.5, 0.6) is 11.5 Å². The second kappa shape index (κ2) is 9.29. The van der Waals surface area contributed by atoms with Crippen LogP contribution in [0.25, 0.3) is 87.6 Å². The van der Waals surface area contributed by atoms with Gasteiger partial charge in [-0.1, -0.05) is 121 Å². The molecule has 9 aromatic rings. The van der Waals surface area contributed by atoms with Crippen LogP contribution in [0.3, 0.4) is 0 Å². The molecule has 0 radical (unpaired) electrons. The highest BCUT2D eigenvalue weighted by molar-refractivity contribution is 6.25. The maximum atomic E-state index is 9.84. The Labute approximate surface area is 273 Å². The third kappa shape index (κ3) is 3.68. The van der Waals surface area contributed by atoms with Crippen LogP contribution >= 0.6 is 0 Å². The molecule has 0 amide bonds. The van der Waals surface area contributed by atoms with E-state index in [0.717, 1.165) is 48.7 Å². The normalized spacial score (nSPS) is 15.0. The standard InChI is InChI=1S/C44H26O/c1-2-7-27(8-3-1)33-23-34(32-19-22-40-39(26-32)37-13-5-11-28-12-6-14-41(45-40)43(28)37)25-35(24-33)36-20-17-31-16-15-29-9-4-10-30-18-21-38(36)44(31)42(29)30/h1-26H/i1D,2D,3D,7D,8D,23D,24D,25D,26D. The van der Waals surface area contributed by atoms with Crippen molar-refractivity contribution in [1.82, 2.24) is 0 Å². The smallest absolute Gasteiger partial charge is 0.135 e. The van der Waals surface area contributed by atoms with E-state index >= 15 is 0 Å². The zero-order valence-corrected chi connectivity index (χ0v) is 23.7. The van der Waals surface area contributed by atoms with Gasteiger partial charge in [-0.2, -0.15) is 0 Å². The fraction of sp³-hybridized carbons (Fsp3) is 0. The van der Waals surface area contributed by atoms with Crippen LogP contribution in [0, 0.1) is 0 Å². The second-order valence-corrected chi connectivity index (χ2v) is 11.3. The maximum Gasteiger partial charge on any atom is 0.135 e. The molecule has 0 aliphatic carbocycles. The molecule has 0 spiro atoms. The molecule has 9 aromatic carbocycles. The summed E-state index contributed by atoms with van der Waals surface area (Å²) in [5, 5.41) is 7.56. The molecular formula is C44H26O. The SMILES string of the molecule is [2H]c1c([2H])c([2H])c(-c2c([2H])c(-c3ccc4c(c3[2H])-c3cccc5cccc(c35)O4)c([2H])c(-c3ccc4ccc5cccc6ccc3c4c56)c2[2H])c([2H])c1[2H]. The van der Waals surface area contributed by atoms with Crippen LogP contribution in [0.1, 0.15) is 12.3 Å². The van der Waals surface area contributed by atoms with E-state index < -0.39 is 30.2 Å². The number of fused-ring (bicyclic) bond motifs is 2. The molecule has 45 heavy (non-hydrogen) atoms. The van der Waals surface area contributed by atoms with Crippen molar-refractivity contribution in [2.24, 2.45) is 0 Å². The molecule has 1 heteroatoms. The average Bonchev–Trinajstić information content (AvgIpc) is 3.18. The number of hydrogen-bond acceptors (Lipinski definition) is 1. The molecule has 0 aromatic heterocycles. The summed E-state index contributed by atoms with van der Waals surface area (Å²) in [6, 6.07) is 29.0. The van der Waals surface area contributed by atoms with E-state index in [0.29, 0.717) is 22.6 Å². The molecule has 208 valence electrons. The monoisotopic (exact) mass is 579 g/mol. The highest BCUT2D eigenvalue weighted by Gasteiger charge is 2.21. The van der Waals surface area contributed by atoms with E-state index in [1.165, 1.54) is 0 Å². The molecule has 0 bridgehead atoms. The molecule has 0 saturated heterocycles. The lowest BCUT2D eigenvalue weighted by Crippen LogP contribution is -1.97. The largest absolute Gasteiger partial charge is 0.456 e. The van der Waals surface area contributed by atoms with E-state index in [1.54, 1.807) is 12.1 Å². The number of rotatable bonds is 3. The Morgan fingerprint density at radius 2 is 1.02 bits per heavy atom. The fourth-order valence-corrected chi connectivity index (χ4v) is 6.82. The first-order valence-corrected chi connectivity index (χ1v) is 14.8. The minimum absolute atomic E-state index is 0.00239.